The van der Waals surface area contributed by atoms with Crippen molar-refractivity contribution < 1.29 is 9.53 Å². The molecule has 0 heterocycles. The molecule has 99 valence electrons. The van der Waals surface area contributed by atoms with Gasteiger partial charge >= 0.3 is 0 Å². The fourth-order valence-electron chi connectivity index (χ4n) is 1.91. The van der Waals surface area contributed by atoms with Gasteiger partial charge in [0.2, 0.25) is 5.91 Å². The molecule has 3 nitrogen and oxygen atoms in total. The van der Waals surface area contributed by atoms with Gasteiger partial charge in [-0.3, -0.25) is 4.79 Å². The Bertz CT molecular complexity index is 436. The number of carbonyl (C=O) groups is 1. The zero-order valence-electron chi connectivity index (χ0n) is 11.5. The van der Waals surface area contributed by atoms with Gasteiger partial charge in [0, 0.05) is 7.05 Å². The van der Waals surface area contributed by atoms with Crippen LogP contribution in [0.4, 0.5) is 5.69 Å². The van der Waals surface area contributed by atoms with Crippen LogP contribution in [0.2, 0.25) is 0 Å². The number of benzene rings is 1. The highest BCUT2D eigenvalue weighted by atomic mass is 16.5. The molecule has 1 amide bonds. The number of ether oxygens (including phenoxy) is 1. The second-order valence-corrected chi connectivity index (χ2v) is 4.67. The second kappa shape index (κ2) is 6.09. The highest BCUT2D eigenvalue weighted by Gasteiger charge is 2.28. The quantitative estimate of drug-likeness (QED) is 0.829. The van der Waals surface area contributed by atoms with Crippen molar-refractivity contribution in [1.29, 1.82) is 0 Å². The molecule has 2 rings (SSSR count). The van der Waals surface area contributed by atoms with Crippen LogP contribution < -0.4 is 9.64 Å². The van der Waals surface area contributed by atoms with Crippen LogP contribution in [0.25, 0.3) is 0 Å². The maximum atomic E-state index is 12.3. The fourth-order valence-corrected chi connectivity index (χ4v) is 1.91. The van der Waals surface area contributed by atoms with Gasteiger partial charge < -0.3 is 9.64 Å². The van der Waals surface area contributed by atoms with Gasteiger partial charge in [0.1, 0.15) is 5.75 Å². The van der Waals surface area contributed by atoms with Crippen LogP contribution in [0.1, 0.15) is 13.8 Å². The molecule has 0 aliphatic heterocycles. The summed E-state index contributed by atoms with van der Waals surface area (Å²) in [5.41, 5.74) is 0.780. The summed E-state index contributed by atoms with van der Waals surface area (Å²) >= 11 is 0. The van der Waals surface area contributed by atoms with E-state index in [1.54, 1.807) is 11.9 Å². The molecule has 1 saturated carbocycles. The van der Waals surface area contributed by atoms with Gasteiger partial charge in [-0.25, -0.2) is 0 Å². The largest absolute Gasteiger partial charge is 0.489 e. The summed E-state index contributed by atoms with van der Waals surface area (Å²) in [5, 5.41) is 0. The van der Waals surface area contributed by atoms with E-state index in [4.69, 9.17) is 4.74 Å². The van der Waals surface area contributed by atoms with Gasteiger partial charge in [0.25, 0.3) is 0 Å². The predicted molar refractivity (Wildman–Crippen MR) is 76.1 cm³/mol. The summed E-state index contributed by atoms with van der Waals surface area (Å²) in [6.07, 6.45) is 7.41. The molecule has 1 fully saturated rings. The first-order valence-corrected chi connectivity index (χ1v) is 6.35. The highest BCUT2D eigenvalue weighted by Crippen LogP contribution is 2.32. The van der Waals surface area contributed by atoms with Crippen LogP contribution in [-0.4, -0.2) is 19.1 Å². The van der Waals surface area contributed by atoms with E-state index in [2.05, 4.69) is 0 Å². The molecule has 19 heavy (non-hydrogen) atoms. The van der Waals surface area contributed by atoms with Crippen LogP contribution in [0.5, 0.6) is 5.75 Å². The van der Waals surface area contributed by atoms with Crippen molar-refractivity contribution in [3.05, 3.63) is 55.9 Å². The van der Waals surface area contributed by atoms with E-state index in [1.807, 2.05) is 63.8 Å². The van der Waals surface area contributed by atoms with Crippen molar-refractivity contribution in [3.8, 4) is 5.75 Å². The lowest BCUT2D eigenvalue weighted by Crippen LogP contribution is -2.31. The molecule has 0 unspecified atom stereocenters. The number of hydrogen-bond donors (Lipinski definition) is 0. The second-order valence-electron chi connectivity index (χ2n) is 4.67. The van der Waals surface area contributed by atoms with Crippen LogP contribution >= 0.6 is 0 Å². The minimum Gasteiger partial charge on any atom is -0.489 e. The Morgan fingerprint density at radius 3 is 2.42 bits per heavy atom. The molecule has 0 N–H and O–H groups in total. The molecule has 0 aromatic heterocycles. The van der Waals surface area contributed by atoms with E-state index in [1.165, 1.54) is 0 Å². The van der Waals surface area contributed by atoms with Gasteiger partial charge in [-0.2, -0.15) is 0 Å². The first-order valence-electron chi connectivity index (χ1n) is 6.35. The molecule has 0 spiro atoms. The third-order valence-electron chi connectivity index (χ3n) is 2.80. The number of carbonyl (C=O) groups excluding carboxylic acids is 1. The van der Waals surface area contributed by atoms with Crippen LogP contribution in [0, 0.1) is 31.6 Å². The number of para-hydroxylation sites is 2. The van der Waals surface area contributed by atoms with Crippen LogP contribution in [-0.2, 0) is 4.79 Å². The van der Waals surface area contributed by atoms with Gasteiger partial charge in [0.05, 0.1) is 17.7 Å². The molecule has 1 aliphatic carbocycles. The summed E-state index contributed by atoms with van der Waals surface area (Å²) < 4.78 is 5.74. The number of hydrogen-bond acceptors (Lipinski definition) is 2. The van der Waals surface area contributed by atoms with Crippen molar-refractivity contribution in [3.63, 3.8) is 0 Å². The molecule has 0 atom stereocenters. The Labute approximate surface area is 115 Å². The normalized spacial score (nSPS) is 15.8. The minimum atomic E-state index is -0.0372. The van der Waals surface area contributed by atoms with E-state index in [0.29, 0.717) is 5.92 Å². The predicted octanol–water partition coefficient (Wildman–Crippen LogP) is 2.84. The lowest BCUT2D eigenvalue weighted by atomic mass is 10.1. The Hall–Kier alpha value is -1.51. The van der Waals surface area contributed by atoms with Gasteiger partial charge in [-0.05, 0) is 51.7 Å². The first kappa shape index (κ1) is 13.9. The molecular formula is C16H18NO2. The van der Waals surface area contributed by atoms with E-state index < -0.39 is 0 Å². The van der Waals surface area contributed by atoms with Gasteiger partial charge in [-0.15, -0.1) is 0 Å². The molecular weight excluding hydrogens is 238 g/mol. The summed E-state index contributed by atoms with van der Waals surface area (Å²) in [5.74, 6) is 1.37. The van der Waals surface area contributed by atoms with Crippen molar-refractivity contribution in [2.24, 2.45) is 0 Å². The average Bonchev–Trinajstić information content (AvgIpc) is 2.91. The molecule has 3 heteroatoms. The van der Waals surface area contributed by atoms with Gasteiger partial charge in [0.15, 0.2) is 0 Å². The van der Waals surface area contributed by atoms with E-state index in [9.17, 15) is 4.79 Å². The summed E-state index contributed by atoms with van der Waals surface area (Å²) in [6.45, 7) is 3.94. The van der Waals surface area contributed by atoms with Crippen LogP contribution in [0.3, 0.4) is 0 Å². The molecule has 1 aromatic rings. The standard InChI is InChI=1S/C16H18NO2/c1-12(2)19-15-11-7-6-10-14(15)17(3)16(18)13-8-4-5-9-13/h4-12H,1-3H3. The Morgan fingerprint density at radius 2 is 1.79 bits per heavy atom. The Kier molecular flexibility index (Phi) is 4.46. The number of nitrogens with zero attached hydrogens (tertiary/aromatic N) is 1. The molecule has 0 saturated heterocycles. The molecule has 1 aromatic carbocycles. The van der Waals surface area contributed by atoms with E-state index >= 15 is 0 Å². The number of amides is 1. The van der Waals surface area contributed by atoms with Crippen molar-refractivity contribution in [1.82, 2.24) is 0 Å². The highest BCUT2D eigenvalue weighted by molar-refractivity contribution is 6.07. The fraction of sp³-hybridized carbons (Fsp3) is 0.250. The lowest BCUT2D eigenvalue weighted by Gasteiger charge is -2.23. The monoisotopic (exact) mass is 256 g/mol. The zero-order chi connectivity index (χ0) is 13.8. The minimum absolute atomic E-state index is 0.0372. The molecule has 0 bridgehead atoms. The van der Waals surface area contributed by atoms with Crippen LogP contribution in [0.15, 0.2) is 24.3 Å². The third-order valence-corrected chi connectivity index (χ3v) is 2.80. The SMILES string of the molecule is CC(C)Oc1ccccc1N(C)C(=O)[C]1[CH][CH][CH][CH]1. The third kappa shape index (κ3) is 3.28. The van der Waals surface area contributed by atoms with E-state index in [0.717, 1.165) is 11.4 Å². The smallest absolute Gasteiger partial charge is 0.234 e. The zero-order valence-corrected chi connectivity index (χ0v) is 11.5. The number of rotatable bonds is 4. The molecule has 5 radical (unpaired) electrons. The van der Waals surface area contributed by atoms with Crippen molar-refractivity contribution in [2.75, 3.05) is 11.9 Å². The Morgan fingerprint density at radius 1 is 1.16 bits per heavy atom. The van der Waals surface area contributed by atoms with Crippen molar-refractivity contribution in [2.45, 2.75) is 20.0 Å². The summed E-state index contributed by atoms with van der Waals surface area (Å²) in [7, 11) is 1.76. The van der Waals surface area contributed by atoms with E-state index in [-0.39, 0.29) is 12.0 Å². The molecule has 1 aliphatic rings. The van der Waals surface area contributed by atoms with Crippen molar-refractivity contribution >= 4 is 11.6 Å². The average molecular weight is 256 g/mol. The lowest BCUT2D eigenvalue weighted by molar-refractivity contribution is -0.116. The Balaban J connectivity index is 2.17. The maximum Gasteiger partial charge on any atom is 0.234 e. The van der Waals surface area contributed by atoms with Gasteiger partial charge in [-0.1, -0.05) is 12.1 Å². The first-order chi connectivity index (χ1) is 9.09. The summed E-state index contributed by atoms with van der Waals surface area (Å²) in [6, 6.07) is 7.57. The summed E-state index contributed by atoms with van der Waals surface area (Å²) in [4.78, 5) is 13.9. The topological polar surface area (TPSA) is 29.5 Å². The number of anilines is 1. The maximum absolute atomic E-state index is 12.3.